The number of ether oxygens (including phenoxy) is 2. The van der Waals surface area contributed by atoms with Crippen molar-refractivity contribution in [2.75, 3.05) is 14.2 Å². The van der Waals surface area contributed by atoms with Crippen molar-refractivity contribution in [3.63, 3.8) is 0 Å². The maximum atomic E-state index is 13.1. The van der Waals surface area contributed by atoms with E-state index in [0.29, 0.717) is 18.0 Å². The molecule has 0 saturated carbocycles. The SMILES string of the molecule is COc1ccc(CNC(=O)c2nn(-c3ccc(F)cc3)cc2OC)cc1. The Bertz CT molecular complexity index is 889. The Morgan fingerprint density at radius 2 is 1.77 bits per heavy atom. The van der Waals surface area contributed by atoms with Crippen LogP contribution in [0.5, 0.6) is 11.5 Å². The molecule has 0 radical (unpaired) electrons. The van der Waals surface area contributed by atoms with Gasteiger partial charge in [0.15, 0.2) is 11.4 Å². The zero-order valence-corrected chi connectivity index (χ0v) is 14.4. The third kappa shape index (κ3) is 3.83. The maximum Gasteiger partial charge on any atom is 0.275 e. The van der Waals surface area contributed by atoms with Gasteiger partial charge in [0.25, 0.3) is 5.91 Å². The van der Waals surface area contributed by atoms with Crippen LogP contribution in [0.2, 0.25) is 0 Å². The highest BCUT2D eigenvalue weighted by Crippen LogP contribution is 2.20. The molecular formula is C19H18FN3O3. The van der Waals surface area contributed by atoms with Crippen molar-refractivity contribution < 1.29 is 18.7 Å². The van der Waals surface area contributed by atoms with Crippen molar-refractivity contribution in [2.24, 2.45) is 0 Å². The molecular weight excluding hydrogens is 337 g/mol. The van der Waals surface area contributed by atoms with E-state index in [2.05, 4.69) is 10.4 Å². The Labute approximate surface area is 150 Å². The molecule has 0 fully saturated rings. The molecule has 0 aliphatic rings. The molecule has 6 nitrogen and oxygen atoms in total. The second-order valence-electron chi connectivity index (χ2n) is 5.50. The number of methoxy groups -OCH3 is 2. The minimum Gasteiger partial charge on any atom is -0.497 e. The fourth-order valence-electron chi connectivity index (χ4n) is 2.40. The molecule has 0 aliphatic carbocycles. The van der Waals surface area contributed by atoms with Crippen LogP contribution >= 0.6 is 0 Å². The lowest BCUT2D eigenvalue weighted by Crippen LogP contribution is -2.24. The lowest BCUT2D eigenvalue weighted by atomic mass is 10.2. The van der Waals surface area contributed by atoms with Crippen molar-refractivity contribution in [3.05, 3.63) is 71.8 Å². The minimum atomic E-state index is -0.362. The zero-order chi connectivity index (χ0) is 18.5. The summed E-state index contributed by atoms with van der Waals surface area (Å²) in [6.45, 7) is 0.343. The number of hydrogen-bond donors (Lipinski definition) is 1. The van der Waals surface area contributed by atoms with Gasteiger partial charge in [-0.05, 0) is 42.0 Å². The monoisotopic (exact) mass is 355 g/mol. The number of nitrogens with one attached hydrogen (secondary N) is 1. The summed E-state index contributed by atoms with van der Waals surface area (Å²) in [5.74, 6) is 0.380. The van der Waals surface area contributed by atoms with E-state index in [9.17, 15) is 9.18 Å². The summed E-state index contributed by atoms with van der Waals surface area (Å²) in [4.78, 5) is 12.5. The van der Waals surface area contributed by atoms with Gasteiger partial charge in [-0.2, -0.15) is 5.10 Å². The van der Waals surface area contributed by atoms with Crippen LogP contribution in [0, 0.1) is 5.82 Å². The molecule has 0 saturated heterocycles. The van der Waals surface area contributed by atoms with Crippen molar-refractivity contribution >= 4 is 5.91 Å². The van der Waals surface area contributed by atoms with Crippen LogP contribution in [0.3, 0.4) is 0 Å². The standard InChI is InChI=1S/C19H18FN3O3/c1-25-16-9-3-13(4-10-16)11-21-19(24)18-17(26-2)12-23(22-18)15-7-5-14(20)6-8-15/h3-10,12H,11H2,1-2H3,(H,21,24). The predicted octanol–water partition coefficient (Wildman–Crippen LogP) is 2.96. The normalized spacial score (nSPS) is 10.4. The molecule has 1 aromatic heterocycles. The van der Waals surface area contributed by atoms with Gasteiger partial charge in [0.1, 0.15) is 11.6 Å². The number of hydrogen-bond acceptors (Lipinski definition) is 4. The number of nitrogens with zero attached hydrogens (tertiary/aromatic N) is 2. The molecule has 0 unspecified atom stereocenters. The molecule has 0 spiro atoms. The van der Waals surface area contributed by atoms with Gasteiger partial charge >= 0.3 is 0 Å². The summed E-state index contributed by atoms with van der Waals surface area (Å²) in [6, 6.07) is 13.2. The Kier molecular flexibility index (Phi) is 5.17. The lowest BCUT2D eigenvalue weighted by Gasteiger charge is -2.06. The summed E-state index contributed by atoms with van der Waals surface area (Å²) in [5.41, 5.74) is 1.71. The smallest absolute Gasteiger partial charge is 0.275 e. The molecule has 0 aliphatic heterocycles. The molecule has 26 heavy (non-hydrogen) atoms. The molecule has 0 bridgehead atoms. The number of carbonyl (C=O) groups is 1. The molecule has 134 valence electrons. The van der Waals surface area contributed by atoms with Crippen LogP contribution in [-0.2, 0) is 6.54 Å². The summed E-state index contributed by atoms with van der Waals surface area (Å²) >= 11 is 0. The van der Waals surface area contributed by atoms with Crippen molar-refractivity contribution in [3.8, 4) is 17.2 Å². The lowest BCUT2D eigenvalue weighted by molar-refractivity contribution is 0.0942. The second-order valence-corrected chi connectivity index (χ2v) is 5.50. The van der Waals surface area contributed by atoms with Crippen LogP contribution < -0.4 is 14.8 Å². The van der Waals surface area contributed by atoms with Crippen LogP contribution in [0.15, 0.2) is 54.7 Å². The zero-order valence-electron chi connectivity index (χ0n) is 14.4. The van der Waals surface area contributed by atoms with Gasteiger partial charge < -0.3 is 14.8 Å². The van der Waals surface area contributed by atoms with E-state index in [1.165, 1.54) is 23.9 Å². The van der Waals surface area contributed by atoms with E-state index in [0.717, 1.165) is 11.3 Å². The summed E-state index contributed by atoms with van der Waals surface area (Å²) in [7, 11) is 3.06. The largest absolute Gasteiger partial charge is 0.497 e. The molecule has 2 aromatic carbocycles. The van der Waals surface area contributed by atoms with Crippen LogP contribution in [0.25, 0.3) is 5.69 Å². The average Bonchev–Trinajstić information content (AvgIpc) is 3.11. The number of carbonyl (C=O) groups excluding carboxylic acids is 1. The van der Waals surface area contributed by atoms with E-state index in [-0.39, 0.29) is 17.4 Å². The van der Waals surface area contributed by atoms with E-state index in [1.807, 2.05) is 24.3 Å². The number of aromatic nitrogens is 2. The van der Waals surface area contributed by atoms with Gasteiger partial charge in [-0.3, -0.25) is 4.79 Å². The third-order valence-electron chi connectivity index (χ3n) is 3.82. The van der Waals surface area contributed by atoms with Crippen molar-refractivity contribution in [1.82, 2.24) is 15.1 Å². The Hall–Kier alpha value is -3.35. The number of benzene rings is 2. The highest BCUT2D eigenvalue weighted by molar-refractivity contribution is 5.94. The minimum absolute atomic E-state index is 0.158. The van der Waals surface area contributed by atoms with Crippen molar-refractivity contribution in [2.45, 2.75) is 6.54 Å². The van der Waals surface area contributed by atoms with Gasteiger partial charge in [-0.25, -0.2) is 9.07 Å². The highest BCUT2D eigenvalue weighted by atomic mass is 19.1. The number of halogens is 1. The molecule has 1 N–H and O–H groups in total. The van der Waals surface area contributed by atoms with Gasteiger partial charge in [0.2, 0.25) is 0 Å². The molecule has 1 heterocycles. The van der Waals surface area contributed by atoms with Crippen molar-refractivity contribution in [1.29, 1.82) is 0 Å². The van der Waals surface area contributed by atoms with Crippen LogP contribution in [0.4, 0.5) is 4.39 Å². The van der Waals surface area contributed by atoms with Gasteiger partial charge in [0, 0.05) is 6.54 Å². The van der Waals surface area contributed by atoms with Gasteiger partial charge in [-0.1, -0.05) is 12.1 Å². The first-order chi connectivity index (χ1) is 12.6. The molecule has 3 rings (SSSR count). The number of amides is 1. The first-order valence-corrected chi connectivity index (χ1v) is 7.91. The van der Waals surface area contributed by atoms with Gasteiger partial charge in [0.05, 0.1) is 26.1 Å². The number of rotatable bonds is 6. The highest BCUT2D eigenvalue weighted by Gasteiger charge is 2.18. The van der Waals surface area contributed by atoms with E-state index >= 15 is 0 Å². The fourth-order valence-corrected chi connectivity index (χ4v) is 2.40. The summed E-state index contributed by atoms with van der Waals surface area (Å²) in [6.07, 6.45) is 1.58. The quantitative estimate of drug-likeness (QED) is 0.738. The summed E-state index contributed by atoms with van der Waals surface area (Å²) < 4.78 is 24.9. The Morgan fingerprint density at radius 3 is 2.38 bits per heavy atom. The topological polar surface area (TPSA) is 65.4 Å². The fraction of sp³-hybridized carbons (Fsp3) is 0.158. The van der Waals surface area contributed by atoms with Crippen LogP contribution in [-0.4, -0.2) is 29.9 Å². The van der Waals surface area contributed by atoms with Gasteiger partial charge in [-0.15, -0.1) is 0 Å². The van der Waals surface area contributed by atoms with E-state index in [1.54, 1.807) is 25.4 Å². The molecule has 7 heteroatoms. The van der Waals surface area contributed by atoms with E-state index in [4.69, 9.17) is 9.47 Å². The second kappa shape index (κ2) is 7.69. The van der Waals surface area contributed by atoms with E-state index < -0.39 is 0 Å². The third-order valence-corrected chi connectivity index (χ3v) is 3.82. The van der Waals surface area contributed by atoms with Crippen LogP contribution in [0.1, 0.15) is 16.1 Å². The Balaban J connectivity index is 1.74. The summed E-state index contributed by atoms with van der Waals surface area (Å²) in [5, 5.41) is 7.06. The molecule has 3 aromatic rings. The maximum absolute atomic E-state index is 13.1. The average molecular weight is 355 g/mol. The molecule has 1 amide bonds. The first kappa shape index (κ1) is 17.5. The Morgan fingerprint density at radius 1 is 1.08 bits per heavy atom. The predicted molar refractivity (Wildman–Crippen MR) is 94.2 cm³/mol. The molecule has 0 atom stereocenters. The first-order valence-electron chi connectivity index (χ1n) is 7.91.